The lowest BCUT2D eigenvalue weighted by Gasteiger charge is -2.38. The van der Waals surface area contributed by atoms with Gasteiger partial charge >= 0.3 is 0 Å². The molecule has 2 N–H and O–H groups in total. The van der Waals surface area contributed by atoms with E-state index in [4.69, 9.17) is 10.5 Å². The SMILES string of the molecule is NC(=O)c1ccc(N2CCC3(CC2)O[C@@H]2CC[C@@H](c4ccccc4)N2C3=O)nc1. The van der Waals surface area contributed by atoms with Crippen LogP contribution in [0.3, 0.4) is 0 Å². The largest absolute Gasteiger partial charge is 0.366 e. The van der Waals surface area contributed by atoms with Gasteiger partial charge in [0.25, 0.3) is 5.91 Å². The fourth-order valence-electron chi connectivity index (χ4n) is 4.86. The number of amides is 2. The van der Waals surface area contributed by atoms with Crippen molar-refractivity contribution in [2.24, 2.45) is 5.73 Å². The van der Waals surface area contributed by atoms with Crippen molar-refractivity contribution >= 4 is 17.6 Å². The number of primary amides is 1. The van der Waals surface area contributed by atoms with E-state index in [0.29, 0.717) is 31.5 Å². The van der Waals surface area contributed by atoms with Gasteiger partial charge in [0.2, 0.25) is 5.91 Å². The van der Waals surface area contributed by atoms with Crippen molar-refractivity contribution in [1.29, 1.82) is 0 Å². The monoisotopic (exact) mass is 392 g/mol. The number of carbonyl (C=O) groups is 2. The average molecular weight is 392 g/mol. The van der Waals surface area contributed by atoms with Gasteiger partial charge < -0.3 is 20.3 Å². The summed E-state index contributed by atoms with van der Waals surface area (Å²) >= 11 is 0. The normalized spacial score (nSPS) is 25.4. The molecule has 1 aromatic heterocycles. The molecule has 0 radical (unpaired) electrons. The number of fused-ring (bicyclic) bond motifs is 1. The van der Waals surface area contributed by atoms with Crippen LogP contribution in [0.2, 0.25) is 0 Å². The van der Waals surface area contributed by atoms with Crippen molar-refractivity contribution in [3.63, 3.8) is 0 Å². The Morgan fingerprint density at radius 1 is 1.10 bits per heavy atom. The molecule has 7 heteroatoms. The van der Waals surface area contributed by atoms with E-state index in [1.54, 1.807) is 12.1 Å². The highest BCUT2D eigenvalue weighted by atomic mass is 16.6. The summed E-state index contributed by atoms with van der Waals surface area (Å²) in [4.78, 5) is 33.1. The van der Waals surface area contributed by atoms with E-state index >= 15 is 0 Å². The fraction of sp³-hybridized carbons (Fsp3) is 0.409. The average Bonchev–Trinajstić information content (AvgIpc) is 3.28. The molecule has 5 rings (SSSR count). The highest BCUT2D eigenvalue weighted by Crippen LogP contribution is 2.47. The predicted molar refractivity (Wildman–Crippen MR) is 107 cm³/mol. The van der Waals surface area contributed by atoms with Gasteiger partial charge in [-0.15, -0.1) is 0 Å². The number of hydrogen-bond donors (Lipinski definition) is 1. The molecular weight excluding hydrogens is 368 g/mol. The van der Waals surface area contributed by atoms with Gasteiger partial charge in [0.1, 0.15) is 12.0 Å². The van der Waals surface area contributed by atoms with Crippen LogP contribution >= 0.6 is 0 Å². The highest BCUT2D eigenvalue weighted by molar-refractivity contribution is 5.92. The first kappa shape index (κ1) is 18.1. The topological polar surface area (TPSA) is 88.8 Å². The lowest BCUT2D eigenvalue weighted by Crippen LogP contribution is -2.50. The minimum absolute atomic E-state index is 0.106. The summed E-state index contributed by atoms with van der Waals surface area (Å²) in [7, 11) is 0. The molecule has 3 fully saturated rings. The van der Waals surface area contributed by atoms with Crippen LogP contribution in [0, 0.1) is 0 Å². The Morgan fingerprint density at radius 3 is 2.52 bits per heavy atom. The maximum absolute atomic E-state index is 13.4. The van der Waals surface area contributed by atoms with Gasteiger partial charge in [-0.25, -0.2) is 4.98 Å². The van der Waals surface area contributed by atoms with Crippen LogP contribution in [0.15, 0.2) is 48.7 Å². The summed E-state index contributed by atoms with van der Waals surface area (Å²) in [6, 6.07) is 13.8. The number of piperidine rings is 1. The van der Waals surface area contributed by atoms with Crippen LogP contribution in [0.1, 0.15) is 47.6 Å². The summed E-state index contributed by atoms with van der Waals surface area (Å²) in [6.45, 7) is 1.37. The van der Waals surface area contributed by atoms with Gasteiger partial charge in [-0.1, -0.05) is 30.3 Å². The lowest BCUT2D eigenvalue weighted by molar-refractivity contribution is -0.140. The molecule has 0 aliphatic carbocycles. The smallest absolute Gasteiger partial charge is 0.257 e. The molecule has 0 unspecified atom stereocenters. The summed E-state index contributed by atoms with van der Waals surface area (Å²) in [6.07, 6.45) is 4.48. The molecule has 2 aromatic rings. The minimum atomic E-state index is -0.720. The Balaban J connectivity index is 1.30. The van der Waals surface area contributed by atoms with Gasteiger partial charge in [0, 0.05) is 32.1 Å². The van der Waals surface area contributed by atoms with Crippen LogP contribution in [0.5, 0.6) is 0 Å². The first-order chi connectivity index (χ1) is 14.1. The first-order valence-corrected chi connectivity index (χ1v) is 10.1. The molecule has 1 spiro atoms. The molecule has 2 amide bonds. The third-order valence-corrected chi connectivity index (χ3v) is 6.43. The molecule has 29 heavy (non-hydrogen) atoms. The molecule has 2 atom stereocenters. The van der Waals surface area contributed by atoms with E-state index in [0.717, 1.165) is 18.7 Å². The summed E-state index contributed by atoms with van der Waals surface area (Å²) < 4.78 is 6.38. The number of anilines is 1. The van der Waals surface area contributed by atoms with Crippen LogP contribution < -0.4 is 10.6 Å². The van der Waals surface area contributed by atoms with E-state index < -0.39 is 11.5 Å². The minimum Gasteiger partial charge on any atom is -0.366 e. The van der Waals surface area contributed by atoms with E-state index in [9.17, 15) is 9.59 Å². The summed E-state index contributed by atoms with van der Waals surface area (Å²) in [5.41, 5.74) is 6.14. The molecule has 3 saturated heterocycles. The predicted octanol–water partition coefficient (Wildman–Crippen LogP) is 2.24. The number of benzene rings is 1. The number of nitrogens with zero attached hydrogens (tertiary/aromatic N) is 3. The summed E-state index contributed by atoms with van der Waals surface area (Å²) in [5.74, 6) is 0.434. The molecule has 0 saturated carbocycles. The Labute approximate surface area is 169 Å². The van der Waals surface area contributed by atoms with Gasteiger partial charge in [-0.2, -0.15) is 0 Å². The van der Waals surface area contributed by atoms with Crippen LogP contribution in [0.25, 0.3) is 0 Å². The Morgan fingerprint density at radius 2 is 1.86 bits per heavy atom. The van der Waals surface area contributed by atoms with E-state index in [2.05, 4.69) is 22.0 Å². The molecule has 0 bridgehead atoms. The van der Waals surface area contributed by atoms with E-state index in [1.165, 1.54) is 11.8 Å². The number of aromatic nitrogens is 1. The van der Waals surface area contributed by atoms with Crippen molar-refractivity contribution in [2.75, 3.05) is 18.0 Å². The maximum atomic E-state index is 13.4. The van der Waals surface area contributed by atoms with Crippen LogP contribution in [-0.2, 0) is 9.53 Å². The van der Waals surface area contributed by atoms with Crippen molar-refractivity contribution < 1.29 is 14.3 Å². The quantitative estimate of drug-likeness (QED) is 0.865. The Hall–Kier alpha value is -2.93. The zero-order valence-electron chi connectivity index (χ0n) is 16.2. The summed E-state index contributed by atoms with van der Waals surface area (Å²) in [5, 5.41) is 0. The molecule has 4 heterocycles. The molecule has 3 aliphatic rings. The van der Waals surface area contributed by atoms with Gasteiger partial charge in [-0.3, -0.25) is 9.59 Å². The lowest BCUT2D eigenvalue weighted by atomic mass is 9.89. The van der Waals surface area contributed by atoms with Crippen molar-refractivity contribution in [3.8, 4) is 0 Å². The second kappa shape index (κ2) is 6.84. The third kappa shape index (κ3) is 2.97. The van der Waals surface area contributed by atoms with Gasteiger partial charge in [-0.05, 0) is 30.5 Å². The molecule has 3 aliphatic heterocycles. The Bertz CT molecular complexity index is 923. The number of hydrogen-bond acceptors (Lipinski definition) is 5. The highest BCUT2D eigenvalue weighted by Gasteiger charge is 2.57. The van der Waals surface area contributed by atoms with Crippen molar-refractivity contribution in [3.05, 3.63) is 59.8 Å². The Kier molecular flexibility index (Phi) is 4.28. The number of carbonyl (C=O) groups excluding carboxylic acids is 2. The maximum Gasteiger partial charge on any atom is 0.257 e. The van der Waals surface area contributed by atoms with Gasteiger partial charge in [0.15, 0.2) is 5.60 Å². The number of rotatable bonds is 3. The number of ether oxygens (including phenoxy) is 1. The van der Waals surface area contributed by atoms with Crippen molar-refractivity contribution in [2.45, 2.75) is 43.6 Å². The first-order valence-electron chi connectivity index (χ1n) is 10.1. The van der Waals surface area contributed by atoms with E-state index in [1.807, 2.05) is 23.1 Å². The molecule has 7 nitrogen and oxygen atoms in total. The standard InChI is InChI=1S/C22H24N4O3/c23-20(27)16-6-8-18(24-14-16)25-12-10-22(11-13-25)21(28)26-17(7-9-19(26)29-22)15-4-2-1-3-5-15/h1-6,8,14,17,19H,7,9-13H2,(H2,23,27)/t17-,19+/m0/s1. The second-order valence-corrected chi connectivity index (χ2v) is 8.04. The zero-order chi connectivity index (χ0) is 20.0. The van der Waals surface area contributed by atoms with Gasteiger partial charge in [0.05, 0.1) is 11.6 Å². The number of pyridine rings is 1. The third-order valence-electron chi connectivity index (χ3n) is 6.43. The molecule has 150 valence electrons. The fourth-order valence-corrected chi connectivity index (χ4v) is 4.86. The van der Waals surface area contributed by atoms with Crippen LogP contribution in [0.4, 0.5) is 5.82 Å². The number of nitrogens with two attached hydrogens (primary N) is 1. The zero-order valence-corrected chi connectivity index (χ0v) is 16.2. The second-order valence-electron chi connectivity index (χ2n) is 8.04. The van der Waals surface area contributed by atoms with E-state index in [-0.39, 0.29) is 18.2 Å². The van der Waals surface area contributed by atoms with Crippen LogP contribution in [-0.4, -0.2) is 46.6 Å². The van der Waals surface area contributed by atoms with Crippen molar-refractivity contribution in [1.82, 2.24) is 9.88 Å². The molecule has 1 aromatic carbocycles. The molecular formula is C22H24N4O3.